The van der Waals surface area contributed by atoms with Crippen LogP contribution < -0.4 is 5.73 Å². The normalized spacial score (nSPS) is 10.6. The number of halogens is 1. The zero-order chi connectivity index (χ0) is 11.0. The van der Waals surface area contributed by atoms with E-state index in [2.05, 4.69) is 4.98 Å². The van der Waals surface area contributed by atoms with Gasteiger partial charge in [0.05, 0.1) is 11.4 Å². The highest BCUT2D eigenvalue weighted by Gasteiger charge is 2.14. The number of imidazole rings is 1. The maximum Gasteiger partial charge on any atom is 0.200 e. The molecule has 78 valence electrons. The summed E-state index contributed by atoms with van der Waals surface area (Å²) in [4.78, 5) is 4.10. The second-order valence-corrected chi connectivity index (χ2v) is 3.44. The van der Waals surface area contributed by atoms with Crippen molar-refractivity contribution in [3.8, 4) is 11.3 Å². The second-order valence-electron chi connectivity index (χ2n) is 3.44. The summed E-state index contributed by atoms with van der Waals surface area (Å²) in [6, 6.07) is 6.60. The summed E-state index contributed by atoms with van der Waals surface area (Å²) >= 11 is 0. The molecule has 0 aliphatic carbocycles. The lowest BCUT2D eigenvalue weighted by Gasteiger charge is -2.05. The van der Waals surface area contributed by atoms with Crippen LogP contribution in [0.3, 0.4) is 0 Å². The molecule has 0 amide bonds. The van der Waals surface area contributed by atoms with Crippen LogP contribution in [0.5, 0.6) is 0 Å². The van der Waals surface area contributed by atoms with Crippen LogP contribution in [0.1, 0.15) is 5.69 Å². The molecule has 0 fully saturated rings. The zero-order valence-corrected chi connectivity index (χ0v) is 8.66. The molecule has 0 unspecified atom stereocenters. The molecule has 0 atom stereocenters. The zero-order valence-electron chi connectivity index (χ0n) is 8.66. The van der Waals surface area contributed by atoms with Crippen LogP contribution >= 0.6 is 0 Å². The lowest BCUT2D eigenvalue weighted by atomic mass is 10.1. The SMILES string of the molecule is Cc1nc(N)n(C)c1-c1ccccc1F. The Morgan fingerprint density at radius 3 is 2.53 bits per heavy atom. The Morgan fingerprint density at radius 2 is 2.00 bits per heavy atom. The Bertz CT molecular complexity index is 503. The second kappa shape index (κ2) is 3.38. The molecule has 0 radical (unpaired) electrons. The Balaban J connectivity index is 2.69. The van der Waals surface area contributed by atoms with Gasteiger partial charge in [0.25, 0.3) is 0 Å². The average Bonchev–Trinajstić information content (AvgIpc) is 2.43. The van der Waals surface area contributed by atoms with Gasteiger partial charge in [-0.15, -0.1) is 0 Å². The monoisotopic (exact) mass is 205 g/mol. The van der Waals surface area contributed by atoms with Gasteiger partial charge in [0.1, 0.15) is 5.82 Å². The standard InChI is InChI=1S/C11H12FN3/c1-7-10(15(2)11(13)14-7)8-5-3-4-6-9(8)12/h3-6H,1-2H3,(H2,13,14). The van der Waals surface area contributed by atoms with Crippen LogP contribution in [0, 0.1) is 12.7 Å². The van der Waals surface area contributed by atoms with E-state index >= 15 is 0 Å². The summed E-state index contributed by atoms with van der Waals surface area (Å²) in [5.74, 6) is 0.134. The quantitative estimate of drug-likeness (QED) is 0.774. The number of nitrogens with zero attached hydrogens (tertiary/aromatic N) is 2. The van der Waals surface area contributed by atoms with E-state index < -0.39 is 0 Å². The van der Waals surface area contributed by atoms with E-state index in [1.807, 2.05) is 6.92 Å². The van der Waals surface area contributed by atoms with E-state index in [9.17, 15) is 4.39 Å². The topological polar surface area (TPSA) is 43.8 Å². The first-order chi connectivity index (χ1) is 7.11. The Labute approximate surface area is 87.4 Å². The van der Waals surface area contributed by atoms with Crippen LogP contribution in [0.2, 0.25) is 0 Å². The average molecular weight is 205 g/mol. The third-order valence-corrected chi connectivity index (χ3v) is 2.43. The van der Waals surface area contributed by atoms with Crippen molar-refractivity contribution < 1.29 is 4.39 Å². The fourth-order valence-electron chi connectivity index (χ4n) is 1.69. The van der Waals surface area contributed by atoms with Crippen molar-refractivity contribution in [1.82, 2.24) is 9.55 Å². The van der Waals surface area contributed by atoms with E-state index in [1.165, 1.54) is 6.07 Å². The molecular formula is C11H12FN3. The van der Waals surface area contributed by atoms with E-state index in [4.69, 9.17) is 5.73 Å². The van der Waals surface area contributed by atoms with E-state index in [1.54, 1.807) is 29.8 Å². The van der Waals surface area contributed by atoms with Crippen LogP contribution in [-0.2, 0) is 7.05 Å². The molecule has 1 heterocycles. The van der Waals surface area contributed by atoms with Gasteiger partial charge in [0.15, 0.2) is 0 Å². The Kier molecular flexibility index (Phi) is 2.19. The highest BCUT2D eigenvalue weighted by atomic mass is 19.1. The molecule has 0 saturated heterocycles. The fraction of sp³-hybridized carbons (Fsp3) is 0.182. The Morgan fingerprint density at radius 1 is 1.33 bits per heavy atom. The van der Waals surface area contributed by atoms with Gasteiger partial charge in [-0.2, -0.15) is 0 Å². The minimum atomic E-state index is -0.261. The number of aromatic nitrogens is 2. The number of nitrogen functional groups attached to an aromatic ring is 1. The van der Waals surface area contributed by atoms with E-state index in [-0.39, 0.29) is 5.82 Å². The van der Waals surface area contributed by atoms with Crippen molar-refractivity contribution in [1.29, 1.82) is 0 Å². The first kappa shape index (κ1) is 9.71. The summed E-state index contributed by atoms with van der Waals surface area (Å²) in [6.07, 6.45) is 0. The van der Waals surface area contributed by atoms with Gasteiger partial charge in [-0.1, -0.05) is 12.1 Å². The maximum atomic E-state index is 13.6. The van der Waals surface area contributed by atoms with E-state index in [0.717, 1.165) is 11.4 Å². The first-order valence-electron chi connectivity index (χ1n) is 4.65. The van der Waals surface area contributed by atoms with Gasteiger partial charge in [0, 0.05) is 12.6 Å². The van der Waals surface area contributed by atoms with Gasteiger partial charge in [-0.05, 0) is 19.1 Å². The van der Waals surface area contributed by atoms with Crippen LogP contribution in [0.15, 0.2) is 24.3 Å². The molecule has 3 nitrogen and oxygen atoms in total. The largest absolute Gasteiger partial charge is 0.369 e. The van der Waals surface area contributed by atoms with Crippen molar-refractivity contribution in [3.63, 3.8) is 0 Å². The van der Waals surface area contributed by atoms with Gasteiger partial charge < -0.3 is 10.3 Å². The molecule has 2 N–H and O–H groups in total. The van der Waals surface area contributed by atoms with Gasteiger partial charge in [-0.3, -0.25) is 0 Å². The summed E-state index contributed by atoms with van der Waals surface area (Å²) in [5.41, 5.74) is 7.65. The first-order valence-corrected chi connectivity index (χ1v) is 4.65. The summed E-state index contributed by atoms with van der Waals surface area (Å²) in [5, 5.41) is 0. The molecule has 1 aromatic heterocycles. The molecule has 2 rings (SSSR count). The molecule has 0 spiro atoms. The van der Waals surface area contributed by atoms with Crippen LogP contribution in [0.4, 0.5) is 10.3 Å². The van der Waals surface area contributed by atoms with Gasteiger partial charge in [-0.25, -0.2) is 9.37 Å². The van der Waals surface area contributed by atoms with E-state index in [0.29, 0.717) is 11.5 Å². The van der Waals surface area contributed by atoms with Crippen LogP contribution in [0.25, 0.3) is 11.3 Å². The molecule has 0 aliphatic heterocycles. The predicted molar refractivity (Wildman–Crippen MR) is 57.8 cm³/mol. The molecule has 1 aromatic carbocycles. The lowest BCUT2D eigenvalue weighted by Crippen LogP contribution is -1.99. The molecule has 2 aromatic rings. The highest BCUT2D eigenvalue weighted by molar-refractivity contribution is 5.65. The molecule has 0 bridgehead atoms. The third-order valence-electron chi connectivity index (χ3n) is 2.43. The number of aryl methyl sites for hydroxylation is 1. The number of rotatable bonds is 1. The van der Waals surface area contributed by atoms with Crippen molar-refractivity contribution in [2.24, 2.45) is 7.05 Å². The van der Waals surface area contributed by atoms with Gasteiger partial charge in [0.2, 0.25) is 5.95 Å². The third kappa shape index (κ3) is 1.48. The number of nitrogens with two attached hydrogens (primary N) is 1. The van der Waals surface area contributed by atoms with Crippen molar-refractivity contribution >= 4 is 5.95 Å². The van der Waals surface area contributed by atoms with Gasteiger partial charge >= 0.3 is 0 Å². The number of anilines is 1. The lowest BCUT2D eigenvalue weighted by molar-refractivity contribution is 0.629. The minimum absolute atomic E-state index is 0.261. The van der Waals surface area contributed by atoms with Crippen LogP contribution in [-0.4, -0.2) is 9.55 Å². The smallest absolute Gasteiger partial charge is 0.200 e. The highest BCUT2D eigenvalue weighted by Crippen LogP contribution is 2.26. The number of hydrogen-bond donors (Lipinski definition) is 1. The maximum absolute atomic E-state index is 13.6. The Hall–Kier alpha value is -1.84. The summed E-state index contributed by atoms with van der Waals surface area (Å²) in [7, 11) is 1.77. The van der Waals surface area contributed by atoms with Crippen molar-refractivity contribution in [2.45, 2.75) is 6.92 Å². The number of benzene rings is 1. The molecule has 0 saturated carbocycles. The fourth-order valence-corrected chi connectivity index (χ4v) is 1.69. The molecule has 4 heteroatoms. The summed E-state index contributed by atoms with van der Waals surface area (Å²) < 4.78 is 15.3. The predicted octanol–water partition coefficient (Wildman–Crippen LogP) is 2.12. The molecule has 15 heavy (non-hydrogen) atoms. The van der Waals surface area contributed by atoms with Crippen molar-refractivity contribution in [2.75, 3.05) is 5.73 Å². The number of hydrogen-bond acceptors (Lipinski definition) is 2. The van der Waals surface area contributed by atoms with Crippen molar-refractivity contribution in [3.05, 3.63) is 35.8 Å². The minimum Gasteiger partial charge on any atom is -0.369 e. The molecule has 0 aliphatic rings. The summed E-state index contributed by atoms with van der Waals surface area (Å²) in [6.45, 7) is 1.82. The molecular weight excluding hydrogens is 193 g/mol.